The molecule has 0 amide bonds. The normalized spacial score (nSPS) is 12.5. The highest BCUT2D eigenvalue weighted by Gasteiger charge is 2.08. The average Bonchev–Trinajstić information content (AvgIpc) is 2.82. The van der Waals surface area contributed by atoms with Crippen LogP contribution in [0.25, 0.3) is 10.9 Å². The largest absolute Gasteiger partial charge is 0.383 e. The lowest BCUT2D eigenvalue weighted by atomic mass is 10.0. The number of pyridine rings is 1. The van der Waals surface area contributed by atoms with Crippen molar-refractivity contribution in [3.05, 3.63) is 108 Å². The van der Waals surface area contributed by atoms with Crippen LogP contribution < -0.4 is 16.0 Å². The molecule has 1 aromatic heterocycles. The van der Waals surface area contributed by atoms with Crippen molar-refractivity contribution < 1.29 is 0 Å². The first kappa shape index (κ1) is 23.7. The minimum absolute atomic E-state index is 0.291. The summed E-state index contributed by atoms with van der Waals surface area (Å²) < 4.78 is 0. The molecule has 3 N–H and O–H groups in total. The molecule has 1 atom stereocenters. The summed E-state index contributed by atoms with van der Waals surface area (Å²) in [5, 5.41) is 12.4. The van der Waals surface area contributed by atoms with E-state index in [1.165, 1.54) is 5.56 Å². The van der Waals surface area contributed by atoms with E-state index in [0.717, 1.165) is 49.2 Å². The van der Waals surface area contributed by atoms with E-state index in [1.54, 1.807) is 6.08 Å². The van der Waals surface area contributed by atoms with Crippen LogP contribution in [0.5, 0.6) is 0 Å². The van der Waals surface area contributed by atoms with Crippen LogP contribution >= 0.6 is 11.6 Å². The van der Waals surface area contributed by atoms with Crippen LogP contribution in [-0.2, 0) is 0 Å². The Balaban J connectivity index is 1.41. The van der Waals surface area contributed by atoms with E-state index in [0.29, 0.717) is 11.1 Å². The zero-order valence-corrected chi connectivity index (χ0v) is 19.1. The fraction of sp³-hybridized carbons (Fsp3) is 0.222. The SMILES string of the molecule is C=C/C=C\C=C/CC(NCCNCCNc1ccnc2cc(Cl)ccc12)c1ccccc1. The molecule has 3 aromatic rings. The van der Waals surface area contributed by atoms with Crippen molar-refractivity contribution in [3.63, 3.8) is 0 Å². The zero-order valence-electron chi connectivity index (χ0n) is 18.3. The number of allylic oxidation sites excluding steroid dienone is 4. The predicted molar refractivity (Wildman–Crippen MR) is 138 cm³/mol. The minimum Gasteiger partial charge on any atom is -0.383 e. The smallest absolute Gasteiger partial charge is 0.0737 e. The third kappa shape index (κ3) is 7.65. The molecule has 5 heteroatoms. The Hall–Kier alpha value is -2.92. The second kappa shape index (κ2) is 13.5. The van der Waals surface area contributed by atoms with Gasteiger partial charge >= 0.3 is 0 Å². The summed E-state index contributed by atoms with van der Waals surface area (Å²) in [4.78, 5) is 4.39. The number of rotatable bonds is 13. The Morgan fingerprint density at radius 2 is 1.78 bits per heavy atom. The van der Waals surface area contributed by atoms with E-state index in [4.69, 9.17) is 11.6 Å². The Kier molecular flexibility index (Phi) is 10.0. The predicted octanol–water partition coefficient (Wildman–Crippen LogP) is 5.91. The minimum atomic E-state index is 0.291. The number of halogens is 1. The number of hydrogen-bond donors (Lipinski definition) is 3. The molecule has 166 valence electrons. The van der Waals surface area contributed by atoms with Gasteiger partial charge in [0.1, 0.15) is 0 Å². The Labute approximate surface area is 196 Å². The number of aromatic nitrogens is 1. The van der Waals surface area contributed by atoms with Gasteiger partial charge in [0.05, 0.1) is 5.52 Å². The molecular weight excluding hydrogens is 416 g/mol. The van der Waals surface area contributed by atoms with Crippen molar-refractivity contribution in [1.82, 2.24) is 15.6 Å². The third-order valence-corrected chi connectivity index (χ3v) is 5.32. The van der Waals surface area contributed by atoms with Gasteiger partial charge < -0.3 is 16.0 Å². The van der Waals surface area contributed by atoms with Gasteiger partial charge in [-0.05, 0) is 36.2 Å². The second-order valence-corrected chi connectivity index (χ2v) is 7.84. The molecule has 0 aliphatic heterocycles. The molecular formula is C27H31ClN4. The van der Waals surface area contributed by atoms with Crippen LogP contribution in [0.4, 0.5) is 5.69 Å². The molecule has 0 aliphatic carbocycles. The maximum Gasteiger partial charge on any atom is 0.0737 e. The Morgan fingerprint density at radius 3 is 2.62 bits per heavy atom. The molecule has 4 nitrogen and oxygen atoms in total. The number of benzene rings is 2. The molecule has 0 saturated heterocycles. The van der Waals surface area contributed by atoms with E-state index in [-0.39, 0.29) is 0 Å². The molecule has 0 aliphatic rings. The van der Waals surface area contributed by atoms with Crippen molar-refractivity contribution in [1.29, 1.82) is 0 Å². The maximum absolute atomic E-state index is 6.07. The summed E-state index contributed by atoms with van der Waals surface area (Å²) >= 11 is 6.07. The summed E-state index contributed by atoms with van der Waals surface area (Å²) in [7, 11) is 0. The first-order valence-electron chi connectivity index (χ1n) is 11.0. The lowest BCUT2D eigenvalue weighted by Crippen LogP contribution is -2.32. The summed E-state index contributed by atoms with van der Waals surface area (Å²) in [6, 6.07) is 18.7. The van der Waals surface area contributed by atoms with Gasteiger partial charge in [-0.15, -0.1) is 0 Å². The van der Waals surface area contributed by atoms with Crippen LogP contribution in [-0.4, -0.2) is 31.2 Å². The number of anilines is 1. The van der Waals surface area contributed by atoms with Crippen molar-refractivity contribution >= 4 is 28.2 Å². The van der Waals surface area contributed by atoms with Crippen LogP contribution in [0.15, 0.2) is 97.8 Å². The molecule has 0 spiro atoms. The van der Waals surface area contributed by atoms with Crippen LogP contribution in [0, 0.1) is 0 Å². The van der Waals surface area contributed by atoms with Gasteiger partial charge in [0, 0.05) is 54.5 Å². The van der Waals surface area contributed by atoms with Gasteiger partial charge in [-0.1, -0.05) is 78.9 Å². The van der Waals surface area contributed by atoms with Gasteiger partial charge in [-0.2, -0.15) is 0 Å². The Morgan fingerprint density at radius 1 is 0.938 bits per heavy atom. The molecule has 0 bridgehead atoms. The van der Waals surface area contributed by atoms with Gasteiger partial charge in [0.15, 0.2) is 0 Å². The number of fused-ring (bicyclic) bond motifs is 1. The average molecular weight is 447 g/mol. The van der Waals surface area contributed by atoms with Gasteiger partial charge in [-0.3, -0.25) is 4.98 Å². The van der Waals surface area contributed by atoms with Crippen LogP contribution in [0.2, 0.25) is 5.02 Å². The number of hydrogen-bond acceptors (Lipinski definition) is 4. The highest BCUT2D eigenvalue weighted by atomic mass is 35.5. The van der Waals surface area contributed by atoms with Crippen molar-refractivity contribution in [2.75, 3.05) is 31.5 Å². The zero-order chi connectivity index (χ0) is 22.4. The van der Waals surface area contributed by atoms with E-state index in [2.05, 4.69) is 70.0 Å². The quantitative estimate of drug-likeness (QED) is 0.225. The highest BCUT2D eigenvalue weighted by Crippen LogP contribution is 2.24. The summed E-state index contributed by atoms with van der Waals surface area (Å²) in [5.74, 6) is 0. The third-order valence-electron chi connectivity index (χ3n) is 5.08. The van der Waals surface area contributed by atoms with Crippen LogP contribution in [0.1, 0.15) is 18.0 Å². The second-order valence-electron chi connectivity index (χ2n) is 7.40. The molecule has 0 fully saturated rings. The lowest BCUT2D eigenvalue weighted by Gasteiger charge is -2.18. The molecule has 1 heterocycles. The van der Waals surface area contributed by atoms with Gasteiger partial charge in [0.25, 0.3) is 0 Å². The molecule has 32 heavy (non-hydrogen) atoms. The lowest BCUT2D eigenvalue weighted by molar-refractivity contribution is 0.522. The molecule has 1 unspecified atom stereocenters. The van der Waals surface area contributed by atoms with E-state index >= 15 is 0 Å². The van der Waals surface area contributed by atoms with Crippen molar-refractivity contribution in [2.24, 2.45) is 0 Å². The molecule has 0 saturated carbocycles. The summed E-state index contributed by atoms with van der Waals surface area (Å²) in [6.07, 6.45) is 12.7. The fourth-order valence-electron chi connectivity index (χ4n) is 3.48. The topological polar surface area (TPSA) is 49.0 Å². The first-order chi connectivity index (χ1) is 15.8. The molecule has 0 radical (unpaired) electrons. The van der Waals surface area contributed by atoms with Gasteiger partial charge in [-0.25, -0.2) is 0 Å². The van der Waals surface area contributed by atoms with Crippen molar-refractivity contribution in [3.8, 4) is 0 Å². The van der Waals surface area contributed by atoms with E-state index in [1.807, 2.05) is 42.6 Å². The first-order valence-corrected chi connectivity index (χ1v) is 11.4. The maximum atomic E-state index is 6.07. The summed E-state index contributed by atoms with van der Waals surface area (Å²) in [5.41, 5.74) is 3.28. The fourth-order valence-corrected chi connectivity index (χ4v) is 3.65. The monoisotopic (exact) mass is 446 g/mol. The summed E-state index contributed by atoms with van der Waals surface area (Å²) in [6.45, 7) is 7.20. The van der Waals surface area contributed by atoms with E-state index < -0.39 is 0 Å². The van der Waals surface area contributed by atoms with Crippen molar-refractivity contribution in [2.45, 2.75) is 12.5 Å². The molecule has 2 aromatic carbocycles. The van der Waals surface area contributed by atoms with Crippen LogP contribution in [0.3, 0.4) is 0 Å². The molecule has 3 rings (SSSR count). The van der Waals surface area contributed by atoms with Gasteiger partial charge in [0.2, 0.25) is 0 Å². The Bertz CT molecular complexity index is 1030. The standard InChI is InChI=1S/C27H31ClN4/c1-2-3-4-5-9-12-25(22-10-7-6-8-11-22)31-19-17-29-18-20-32-26-15-16-30-27-21-23(28)13-14-24(26)27/h2-11,13-16,21,25,29,31H,1,12,17-20H2,(H,30,32)/b4-3-,9-5-. The highest BCUT2D eigenvalue weighted by molar-refractivity contribution is 6.31. The number of nitrogens with one attached hydrogen (secondary N) is 3. The van der Waals surface area contributed by atoms with E-state index in [9.17, 15) is 0 Å². The number of nitrogens with zero attached hydrogens (tertiary/aromatic N) is 1.